The number of hydrogen-bond acceptors (Lipinski definition) is 4. The van der Waals surface area contributed by atoms with Crippen molar-refractivity contribution in [2.75, 3.05) is 40.0 Å². The fourth-order valence-electron chi connectivity index (χ4n) is 0.846. The number of rotatable bonds is 8. The maximum atomic E-state index is 10.9. The standard InChI is InChI=1S/C9H18N2O4.C2H6/c1-8(12)10-3-5-15-6-4-11-9(13)7-14-2;1-2/h3-7H2,1-2H3,(H,10,12)(H,11,13);1-2H3. The number of hydrogen-bond donors (Lipinski definition) is 2. The zero-order valence-corrected chi connectivity index (χ0v) is 11.2. The van der Waals surface area contributed by atoms with Gasteiger partial charge < -0.3 is 20.1 Å². The van der Waals surface area contributed by atoms with Crippen LogP contribution >= 0.6 is 0 Å². The van der Waals surface area contributed by atoms with Crippen LogP contribution in [-0.4, -0.2) is 51.8 Å². The average molecular weight is 248 g/mol. The van der Waals surface area contributed by atoms with Crippen LogP contribution in [0.5, 0.6) is 0 Å². The summed E-state index contributed by atoms with van der Waals surface area (Å²) < 4.78 is 9.77. The van der Waals surface area contributed by atoms with E-state index < -0.39 is 0 Å². The Bertz CT molecular complexity index is 198. The monoisotopic (exact) mass is 248 g/mol. The Labute approximate surface area is 103 Å². The van der Waals surface area contributed by atoms with E-state index in [1.54, 1.807) is 0 Å². The maximum Gasteiger partial charge on any atom is 0.246 e. The van der Waals surface area contributed by atoms with Gasteiger partial charge in [-0.05, 0) is 0 Å². The number of nitrogens with one attached hydrogen (secondary N) is 2. The molecule has 0 aliphatic heterocycles. The molecular weight excluding hydrogens is 224 g/mol. The lowest BCUT2D eigenvalue weighted by molar-refractivity contribution is -0.124. The predicted molar refractivity (Wildman–Crippen MR) is 65.7 cm³/mol. The third kappa shape index (κ3) is 17.5. The van der Waals surface area contributed by atoms with Crippen LogP contribution < -0.4 is 10.6 Å². The zero-order valence-electron chi connectivity index (χ0n) is 11.2. The second-order valence-electron chi connectivity index (χ2n) is 2.88. The van der Waals surface area contributed by atoms with E-state index >= 15 is 0 Å². The van der Waals surface area contributed by atoms with Gasteiger partial charge in [0.25, 0.3) is 0 Å². The lowest BCUT2D eigenvalue weighted by Gasteiger charge is -2.06. The number of amides is 2. The predicted octanol–water partition coefficient (Wildman–Crippen LogP) is -0.0721. The largest absolute Gasteiger partial charge is 0.378 e. The normalized spacial score (nSPS) is 8.94. The fourth-order valence-corrected chi connectivity index (χ4v) is 0.846. The summed E-state index contributed by atoms with van der Waals surface area (Å²) in [6.45, 7) is 7.31. The van der Waals surface area contributed by atoms with Crippen molar-refractivity contribution in [1.29, 1.82) is 0 Å². The van der Waals surface area contributed by atoms with Crippen LogP contribution in [-0.2, 0) is 19.1 Å². The van der Waals surface area contributed by atoms with Gasteiger partial charge in [-0.15, -0.1) is 0 Å². The smallest absolute Gasteiger partial charge is 0.246 e. The molecule has 2 amide bonds. The minimum Gasteiger partial charge on any atom is -0.378 e. The molecule has 0 fully saturated rings. The Morgan fingerprint density at radius 2 is 1.59 bits per heavy atom. The van der Waals surface area contributed by atoms with Gasteiger partial charge in [0, 0.05) is 27.1 Å². The molecule has 2 N–H and O–H groups in total. The highest BCUT2D eigenvalue weighted by Gasteiger charge is 1.97. The number of carbonyl (C=O) groups excluding carboxylic acids is 2. The lowest BCUT2D eigenvalue weighted by atomic mass is 10.5. The highest BCUT2D eigenvalue weighted by atomic mass is 16.5. The van der Waals surface area contributed by atoms with E-state index in [2.05, 4.69) is 15.4 Å². The molecule has 0 saturated heterocycles. The van der Waals surface area contributed by atoms with Crippen LogP contribution in [0.15, 0.2) is 0 Å². The molecule has 0 unspecified atom stereocenters. The van der Waals surface area contributed by atoms with E-state index in [0.29, 0.717) is 26.3 Å². The Balaban J connectivity index is 0. The first-order valence-electron chi connectivity index (χ1n) is 5.74. The minimum atomic E-state index is -0.164. The van der Waals surface area contributed by atoms with E-state index in [0.717, 1.165) is 0 Å². The average Bonchev–Trinajstić information content (AvgIpc) is 2.30. The number of methoxy groups -OCH3 is 1. The van der Waals surface area contributed by atoms with Crippen molar-refractivity contribution in [2.24, 2.45) is 0 Å². The molecule has 0 bridgehead atoms. The Morgan fingerprint density at radius 1 is 1.06 bits per heavy atom. The van der Waals surface area contributed by atoms with Gasteiger partial charge in [0.05, 0.1) is 13.2 Å². The highest BCUT2D eigenvalue weighted by molar-refractivity contribution is 5.77. The first-order chi connectivity index (χ1) is 8.16. The van der Waals surface area contributed by atoms with Gasteiger partial charge in [-0.1, -0.05) is 13.8 Å². The molecule has 0 rings (SSSR count). The van der Waals surface area contributed by atoms with Crippen LogP contribution in [0.1, 0.15) is 20.8 Å². The quantitative estimate of drug-likeness (QED) is 0.589. The SMILES string of the molecule is CC.COCC(=O)NCCOCCNC(C)=O. The van der Waals surface area contributed by atoms with Gasteiger partial charge in [0.2, 0.25) is 11.8 Å². The Morgan fingerprint density at radius 3 is 2.06 bits per heavy atom. The molecule has 6 heteroatoms. The molecule has 0 heterocycles. The van der Waals surface area contributed by atoms with E-state index in [4.69, 9.17) is 4.74 Å². The third-order valence-electron chi connectivity index (χ3n) is 1.46. The molecule has 0 atom stereocenters. The first-order valence-corrected chi connectivity index (χ1v) is 5.74. The molecule has 0 radical (unpaired) electrons. The summed E-state index contributed by atoms with van der Waals surface area (Å²) in [7, 11) is 1.46. The molecule has 17 heavy (non-hydrogen) atoms. The summed E-state index contributed by atoms with van der Waals surface area (Å²) >= 11 is 0. The maximum absolute atomic E-state index is 10.9. The van der Waals surface area contributed by atoms with Crippen LogP contribution in [0.3, 0.4) is 0 Å². The van der Waals surface area contributed by atoms with Gasteiger partial charge in [-0.25, -0.2) is 0 Å². The number of carbonyl (C=O) groups is 2. The molecule has 0 aliphatic carbocycles. The summed E-state index contributed by atoms with van der Waals surface area (Å²) in [4.78, 5) is 21.3. The van der Waals surface area contributed by atoms with Crippen molar-refractivity contribution in [3.63, 3.8) is 0 Å². The highest BCUT2D eigenvalue weighted by Crippen LogP contribution is 1.74. The summed E-state index contributed by atoms with van der Waals surface area (Å²) in [5, 5.41) is 5.20. The van der Waals surface area contributed by atoms with Crippen molar-refractivity contribution < 1.29 is 19.1 Å². The lowest BCUT2D eigenvalue weighted by Crippen LogP contribution is -2.31. The second-order valence-corrected chi connectivity index (χ2v) is 2.88. The molecule has 6 nitrogen and oxygen atoms in total. The molecular formula is C11H24N2O4. The summed E-state index contributed by atoms with van der Waals surface area (Å²) in [6.07, 6.45) is 0. The van der Waals surface area contributed by atoms with Gasteiger partial charge in [0.1, 0.15) is 6.61 Å². The van der Waals surface area contributed by atoms with E-state index in [-0.39, 0.29) is 18.4 Å². The molecule has 0 aromatic heterocycles. The van der Waals surface area contributed by atoms with Crippen molar-refractivity contribution in [1.82, 2.24) is 10.6 Å². The van der Waals surface area contributed by atoms with Crippen LogP contribution in [0.2, 0.25) is 0 Å². The molecule has 0 aromatic carbocycles. The summed E-state index contributed by atoms with van der Waals surface area (Å²) in [5.74, 6) is -0.241. The first kappa shape index (κ1) is 18.2. The molecule has 0 saturated carbocycles. The molecule has 102 valence electrons. The minimum absolute atomic E-state index is 0.0614. The van der Waals surface area contributed by atoms with Crippen molar-refractivity contribution in [3.8, 4) is 0 Å². The van der Waals surface area contributed by atoms with E-state index in [1.165, 1.54) is 14.0 Å². The molecule has 0 aromatic rings. The Kier molecular flexibility index (Phi) is 15.9. The van der Waals surface area contributed by atoms with Crippen molar-refractivity contribution >= 4 is 11.8 Å². The molecule has 0 aliphatic rings. The van der Waals surface area contributed by atoms with Gasteiger partial charge >= 0.3 is 0 Å². The van der Waals surface area contributed by atoms with Gasteiger partial charge in [-0.2, -0.15) is 0 Å². The van der Waals surface area contributed by atoms with Crippen molar-refractivity contribution in [3.05, 3.63) is 0 Å². The Hall–Kier alpha value is -1.14. The van der Waals surface area contributed by atoms with Gasteiger partial charge in [0.15, 0.2) is 0 Å². The fraction of sp³-hybridized carbons (Fsp3) is 0.818. The van der Waals surface area contributed by atoms with Crippen molar-refractivity contribution in [2.45, 2.75) is 20.8 Å². The van der Waals surface area contributed by atoms with Crippen LogP contribution in [0.4, 0.5) is 0 Å². The number of ether oxygens (including phenoxy) is 2. The second kappa shape index (κ2) is 14.9. The van der Waals surface area contributed by atoms with Crippen LogP contribution in [0, 0.1) is 0 Å². The van der Waals surface area contributed by atoms with Crippen LogP contribution in [0.25, 0.3) is 0 Å². The topological polar surface area (TPSA) is 76.7 Å². The van der Waals surface area contributed by atoms with Gasteiger partial charge in [-0.3, -0.25) is 9.59 Å². The summed E-state index contributed by atoms with van der Waals surface area (Å²) in [5.41, 5.74) is 0. The van der Waals surface area contributed by atoms with E-state index in [1.807, 2.05) is 13.8 Å². The third-order valence-corrected chi connectivity index (χ3v) is 1.46. The molecule has 0 spiro atoms. The van der Waals surface area contributed by atoms with E-state index in [9.17, 15) is 9.59 Å². The summed E-state index contributed by atoms with van der Waals surface area (Å²) in [6, 6.07) is 0. The zero-order chi connectivity index (χ0) is 13.5.